The average Bonchev–Trinajstić information content (AvgIpc) is 2.84. The fourth-order valence-corrected chi connectivity index (χ4v) is 7.84. The molecule has 3 nitrogen and oxygen atoms in total. The summed E-state index contributed by atoms with van der Waals surface area (Å²) in [5, 5.41) is 5.25. The molecule has 1 unspecified atom stereocenters. The van der Waals surface area contributed by atoms with Gasteiger partial charge in [-0.25, -0.2) is 0 Å². The molecule has 1 amide bonds. The Morgan fingerprint density at radius 2 is 1.61 bits per heavy atom. The van der Waals surface area contributed by atoms with Gasteiger partial charge in [0.05, 0.1) is 24.8 Å². The number of amides is 1. The van der Waals surface area contributed by atoms with E-state index in [1.54, 1.807) is 6.20 Å². The minimum atomic E-state index is -4.37. The molecule has 0 aliphatic heterocycles. The molecule has 1 heterocycles. The Morgan fingerprint density at radius 3 is 2.31 bits per heavy atom. The third-order valence-corrected chi connectivity index (χ3v) is 10.0. The highest BCUT2D eigenvalue weighted by molar-refractivity contribution is 6.89. The zero-order valence-corrected chi connectivity index (χ0v) is 21.3. The first kappa shape index (κ1) is 25.6. The molecule has 0 aliphatic carbocycles. The maximum atomic E-state index is 13.2. The van der Waals surface area contributed by atoms with E-state index in [2.05, 4.69) is 35.5 Å². The van der Waals surface area contributed by atoms with E-state index in [9.17, 15) is 18.0 Å². The predicted molar refractivity (Wildman–Crippen MR) is 142 cm³/mol. The second kappa shape index (κ2) is 10.7. The number of carbonyl (C=O) groups is 1. The third-order valence-electron chi connectivity index (χ3n) is 6.54. The number of hydrogen-bond acceptors (Lipinski definition) is 2. The number of benzene rings is 3. The highest BCUT2D eigenvalue weighted by Gasteiger charge is 2.31. The number of rotatable bonds is 8. The molecule has 36 heavy (non-hydrogen) atoms. The Labute approximate surface area is 210 Å². The monoisotopic (exact) mass is 506 g/mol. The number of alkyl halides is 3. The molecule has 1 N–H and O–H groups in total. The molecule has 0 saturated carbocycles. The summed E-state index contributed by atoms with van der Waals surface area (Å²) in [6.45, 7) is 4.54. The summed E-state index contributed by atoms with van der Waals surface area (Å²) < 4.78 is 39.1. The third kappa shape index (κ3) is 6.40. The predicted octanol–water partition coefficient (Wildman–Crippen LogP) is 7.06. The van der Waals surface area contributed by atoms with Gasteiger partial charge < -0.3 is 5.32 Å². The molecular weight excluding hydrogens is 477 g/mol. The number of hydrogen-bond donors (Lipinski definition) is 1. The number of nitrogens with zero attached hydrogens (tertiary/aromatic N) is 1. The van der Waals surface area contributed by atoms with E-state index in [1.807, 2.05) is 48.5 Å². The van der Waals surface area contributed by atoms with Crippen LogP contribution in [0.3, 0.4) is 0 Å². The number of aromatic nitrogens is 1. The van der Waals surface area contributed by atoms with Crippen LogP contribution in [-0.2, 0) is 17.4 Å². The van der Waals surface area contributed by atoms with Gasteiger partial charge in [0.15, 0.2) is 0 Å². The maximum Gasteiger partial charge on any atom is 0.416 e. The van der Waals surface area contributed by atoms with Crippen LogP contribution in [0.2, 0.25) is 19.1 Å². The lowest BCUT2D eigenvalue weighted by Gasteiger charge is -2.29. The summed E-state index contributed by atoms with van der Waals surface area (Å²) in [6.07, 6.45) is -1.87. The van der Waals surface area contributed by atoms with Crippen molar-refractivity contribution in [2.75, 3.05) is 5.32 Å². The lowest BCUT2D eigenvalue weighted by atomic mass is 9.96. The normalized spacial score (nSPS) is 12.9. The van der Waals surface area contributed by atoms with Gasteiger partial charge >= 0.3 is 6.18 Å². The van der Waals surface area contributed by atoms with Crippen LogP contribution in [0.1, 0.15) is 17.5 Å². The summed E-state index contributed by atoms with van der Waals surface area (Å²) in [7, 11) is -1.91. The Bertz CT molecular complexity index is 1320. The van der Waals surface area contributed by atoms with Crippen LogP contribution in [-0.4, -0.2) is 19.0 Å². The van der Waals surface area contributed by atoms with Crippen molar-refractivity contribution in [3.63, 3.8) is 0 Å². The van der Waals surface area contributed by atoms with Gasteiger partial charge in [-0.3, -0.25) is 9.78 Å². The quantitative estimate of drug-likeness (QED) is 0.260. The van der Waals surface area contributed by atoms with Crippen LogP contribution in [0.5, 0.6) is 0 Å². The Balaban J connectivity index is 1.55. The average molecular weight is 507 g/mol. The molecule has 186 valence electrons. The summed E-state index contributed by atoms with van der Waals surface area (Å²) in [6, 6.07) is 25.9. The van der Waals surface area contributed by atoms with Crippen molar-refractivity contribution in [2.24, 2.45) is 5.92 Å². The zero-order chi connectivity index (χ0) is 25.8. The minimum Gasteiger partial charge on any atom is -0.324 e. The fourth-order valence-electron chi connectivity index (χ4n) is 4.78. The van der Waals surface area contributed by atoms with Gasteiger partial charge in [-0.1, -0.05) is 78.9 Å². The molecule has 0 saturated heterocycles. The first-order valence-corrected chi connectivity index (χ1v) is 15.2. The van der Waals surface area contributed by atoms with Crippen molar-refractivity contribution < 1.29 is 18.0 Å². The smallest absolute Gasteiger partial charge is 0.324 e. The maximum absolute atomic E-state index is 13.2. The summed E-state index contributed by atoms with van der Waals surface area (Å²) in [5.41, 5.74) is 1.52. The van der Waals surface area contributed by atoms with Crippen LogP contribution in [0.25, 0.3) is 10.9 Å². The SMILES string of the molecule is C[Si](C)(CC(CC(=O)Nc1cccc2cccnc12)Cc1ccc(C(F)(F)F)cc1)c1ccccc1. The molecule has 3 aromatic carbocycles. The Kier molecular flexibility index (Phi) is 7.59. The topological polar surface area (TPSA) is 42.0 Å². The highest BCUT2D eigenvalue weighted by atomic mass is 28.3. The van der Waals surface area contributed by atoms with Crippen LogP contribution in [0.4, 0.5) is 18.9 Å². The Hall–Kier alpha value is -3.45. The number of halogens is 3. The molecule has 0 spiro atoms. The van der Waals surface area contributed by atoms with Gasteiger partial charge in [0.1, 0.15) is 0 Å². The van der Waals surface area contributed by atoms with Crippen molar-refractivity contribution in [2.45, 2.75) is 38.2 Å². The number of anilines is 1. The van der Waals surface area contributed by atoms with Crippen LogP contribution < -0.4 is 10.5 Å². The summed E-state index contributed by atoms with van der Waals surface area (Å²) in [4.78, 5) is 17.6. The molecule has 0 aliphatic rings. The summed E-state index contributed by atoms with van der Waals surface area (Å²) in [5.74, 6) is -0.144. The van der Waals surface area contributed by atoms with Gasteiger partial charge in [0.2, 0.25) is 5.91 Å². The highest BCUT2D eigenvalue weighted by Crippen LogP contribution is 2.31. The van der Waals surface area contributed by atoms with Crippen LogP contribution in [0.15, 0.2) is 91.1 Å². The molecular formula is C29H29F3N2OSi. The first-order chi connectivity index (χ1) is 17.1. The minimum absolute atomic E-state index is 0.0217. The molecule has 1 aromatic heterocycles. The summed E-state index contributed by atoms with van der Waals surface area (Å²) >= 11 is 0. The molecule has 0 radical (unpaired) electrons. The zero-order valence-electron chi connectivity index (χ0n) is 20.3. The molecule has 7 heteroatoms. The molecule has 1 atom stereocenters. The first-order valence-electron chi connectivity index (χ1n) is 12.0. The number of pyridine rings is 1. The van der Waals surface area contributed by atoms with E-state index < -0.39 is 19.8 Å². The van der Waals surface area contributed by atoms with E-state index in [4.69, 9.17) is 0 Å². The number of carbonyl (C=O) groups excluding carboxylic acids is 1. The fraction of sp³-hybridized carbons (Fsp3) is 0.241. The second-order valence-corrected chi connectivity index (χ2v) is 14.6. The lowest BCUT2D eigenvalue weighted by molar-refractivity contribution is -0.137. The molecule has 4 aromatic rings. The molecule has 4 rings (SSSR count). The van der Waals surface area contributed by atoms with E-state index in [-0.39, 0.29) is 18.2 Å². The second-order valence-electron chi connectivity index (χ2n) is 9.85. The molecule has 0 fully saturated rings. The largest absolute Gasteiger partial charge is 0.416 e. The van der Waals surface area contributed by atoms with Crippen molar-refractivity contribution in [1.82, 2.24) is 4.98 Å². The van der Waals surface area contributed by atoms with Crippen molar-refractivity contribution >= 4 is 35.8 Å². The lowest BCUT2D eigenvalue weighted by Crippen LogP contribution is -2.43. The van der Waals surface area contributed by atoms with Crippen LogP contribution >= 0.6 is 0 Å². The van der Waals surface area contributed by atoms with Gasteiger partial charge in [-0.05, 0) is 48.2 Å². The standard InChI is InChI=1S/C29H29F3N2OSi/c1-36(2,25-10-4-3-5-11-25)20-22(18-21-13-15-24(16-14-21)29(30,31)32)19-27(35)34-26-12-6-8-23-9-7-17-33-28(23)26/h3-17,22H,18-20H2,1-2H3,(H,34,35). The van der Waals surface area contributed by atoms with Gasteiger partial charge in [0, 0.05) is 18.0 Å². The van der Waals surface area contributed by atoms with Crippen molar-refractivity contribution in [3.05, 3.63) is 102 Å². The molecule has 0 bridgehead atoms. The van der Waals surface area contributed by atoms with Crippen molar-refractivity contribution in [3.8, 4) is 0 Å². The van der Waals surface area contributed by atoms with E-state index in [1.165, 1.54) is 17.3 Å². The number of para-hydroxylation sites is 1. The van der Waals surface area contributed by atoms with Crippen molar-refractivity contribution in [1.29, 1.82) is 0 Å². The Morgan fingerprint density at radius 1 is 0.917 bits per heavy atom. The van der Waals surface area contributed by atoms with E-state index in [0.29, 0.717) is 12.1 Å². The van der Waals surface area contributed by atoms with Gasteiger partial charge in [-0.15, -0.1) is 0 Å². The number of nitrogens with one attached hydrogen (secondary N) is 1. The van der Waals surface area contributed by atoms with Gasteiger partial charge in [-0.2, -0.15) is 13.2 Å². The van der Waals surface area contributed by atoms with E-state index in [0.717, 1.165) is 34.6 Å². The number of fused-ring (bicyclic) bond motifs is 1. The van der Waals surface area contributed by atoms with Crippen LogP contribution in [0, 0.1) is 5.92 Å². The van der Waals surface area contributed by atoms with E-state index >= 15 is 0 Å². The van der Waals surface area contributed by atoms with Gasteiger partial charge in [0.25, 0.3) is 0 Å².